The van der Waals surface area contributed by atoms with Crippen LogP contribution in [0.4, 0.5) is 0 Å². The first-order chi connectivity index (χ1) is 13.2. The molecule has 28 heavy (non-hydrogen) atoms. The van der Waals surface area contributed by atoms with Crippen LogP contribution in [0.5, 0.6) is 0 Å². The van der Waals surface area contributed by atoms with Gasteiger partial charge in [0.2, 0.25) is 0 Å². The standard InChI is InChI=1S/C20H21ClN4O3/c1-12-18(21)13(2)25(24-12)16-8-4-14(5-9-16)19(27)28-10-17(26)23-20(3,11-22)15-6-7-15/h4-5,8-9,15H,6-7,10H2,1-3H3,(H,23,26)/t20-/m1/s1. The van der Waals surface area contributed by atoms with Crippen LogP contribution < -0.4 is 5.32 Å². The van der Waals surface area contributed by atoms with Crippen LogP contribution in [0, 0.1) is 31.1 Å². The molecule has 8 heteroatoms. The predicted molar refractivity (Wildman–Crippen MR) is 103 cm³/mol. The van der Waals surface area contributed by atoms with Crippen LogP contribution in [0.1, 0.15) is 41.5 Å². The number of ether oxygens (including phenoxy) is 1. The number of carbonyl (C=O) groups excluding carboxylic acids is 2. The zero-order chi connectivity index (χ0) is 20.5. The molecule has 0 spiro atoms. The van der Waals surface area contributed by atoms with Gasteiger partial charge in [0.1, 0.15) is 5.54 Å². The summed E-state index contributed by atoms with van der Waals surface area (Å²) in [6.45, 7) is 4.94. The summed E-state index contributed by atoms with van der Waals surface area (Å²) in [5, 5.41) is 16.9. The first-order valence-electron chi connectivity index (χ1n) is 8.96. The molecule has 146 valence electrons. The molecule has 1 N–H and O–H groups in total. The number of carbonyl (C=O) groups is 2. The molecule has 0 saturated heterocycles. The fourth-order valence-electron chi connectivity index (χ4n) is 3.04. The van der Waals surface area contributed by atoms with Gasteiger partial charge in [-0.2, -0.15) is 10.4 Å². The Balaban J connectivity index is 1.60. The monoisotopic (exact) mass is 400 g/mol. The van der Waals surface area contributed by atoms with Crippen LogP contribution in [0.25, 0.3) is 5.69 Å². The summed E-state index contributed by atoms with van der Waals surface area (Å²) in [6, 6.07) is 8.79. The zero-order valence-electron chi connectivity index (χ0n) is 16.0. The number of nitriles is 1. The van der Waals surface area contributed by atoms with Crippen molar-refractivity contribution in [1.82, 2.24) is 15.1 Å². The summed E-state index contributed by atoms with van der Waals surface area (Å²) in [4.78, 5) is 24.2. The van der Waals surface area contributed by atoms with E-state index in [1.54, 1.807) is 35.9 Å². The van der Waals surface area contributed by atoms with E-state index in [1.165, 1.54) is 0 Å². The number of hydrogen-bond donors (Lipinski definition) is 1. The number of amides is 1. The van der Waals surface area contributed by atoms with Crippen LogP contribution in [-0.4, -0.2) is 33.8 Å². The van der Waals surface area contributed by atoms with Crippen molar-refractivity contribution in [3.63, 3.8) is 0 Å². The van der Waals surface area contributed by atoms with E-state index >= 15 is 0 Å². The molecule has 1 aliphatic rings. The highest BCUT2D eigenvalue weighted by molar-refractivity contribution is 6.31. The van der Waals surface area contributed by atoms with Crippen molar-refractivity contribution in [2.75, 3.05) is 6.61 Å². The van der Waals surface area contributed by atoms with Crippen molar-refractivity contribution < 1.29 is 14.3 Å². The Morgan fingerprint density at radius 3 is 2.50 bits per heavy atom. The van der Waals surface area contributed by atoms with Gasteiger partial charge in [-0.1, -0.05) is 11.6 Å². The summed E-state index contributed by atoms with van der Waals surface area (Å²) in [5.74, 6) is -0.941. The molecule has 1 aromatic heterocycles. The highest BCUT2D eigenvalue weighted by atomic mass is 35.5. The van der Waals surface area contributed by atoms with Crippen molar-refractivity contribution in [1.29, 1.82) is 5.26 Å². The molecule has 0 radical (unpaired) electrons. The van der Waals surface area contributed by atoms with Gasteiger partial charge in [0.25, 0.3) is 5.91 Å². The zero-order valence-corrected chi connectivity index (χ0v) is 16.7. The molecule has 1 aromatic carbocycles. The number of halogens is 1. The largest absolute Gasteiger partial charge is 0.452 e. The molecule has 1 heterocycles. The Labute approximate surface area is 168 Å². The molecular weight excluding hydrogens is 380 g/mol. The summed E-state index contributed by atoms with van der Waals surface area (Å²) >= 11 is 6.17. The SMILES string of the molecule is Cc1nn(-c2ccc(C(=O)OCC(=O)N[C@](C)(C#N)C3CC3)cc2)c(C)c1Cl. The number of esters is 1. The van der Waals surface area contributed by atoms with E-state index in [1.807, 2.05) is 13.8 Å². The van der Waals surface area contributed by atoms with Crippen LogP contribution in [0.2, 0.25) is 5.02 Å². The minimum absolute atomic E-state index is 0.160. The Morgan fingerprint density at radius 2 is 2.00 bits per heavy atom. The highest BCUT2D eigenvalue weighted by Gasteiger charge is 2.43. The van der Waals surface area contributed by atoms with Crippen molar-refractivity contribution >= 4 is 23.5 Å². The van der Waals surface area contributed by atoms with E-state index < -0.39 is 24.0 Å². The van der Waals surface area contributed by atoms with E-state index in [4.69, 9.17) is 16.3 Å². The maximum absolute atomic E-state index is 12.2. The van der Waals surface area contributed by atoms with Gasteiger partial charge in [-0.3, -0.25) is 4.79 Å². The second-order valence-electron chi connectivity index (χ2n) is 7.16. The lowest BCUT2D eigenvalue weighted by Crippen LogP contribution is -2.48. The molecule has 0 bridgehead atoms. The van der Waals surface area contributed by atoms with Gasteiger partial charge < -0.3 is 10.1 Å². The Bertz CT molecular complexity index is 957. The quantitative estimate of drug-likeness (QED) is 0.751. The van der Waals surface area contributed by atoms with E-state index in [0.717, 1.165) is 29.9 Å². The van der Waals surface area contributed by atoms with Gasteiger partial charge in [-0.15, -0.1) is 0 Å². The lowest BCUT2D eigenvalue weighted by Gasteiger charge is -2.22. The van der Waals surface area contributed by atoms with Crippen LogP contribution in [0.15, 0.2) is 24.3 Å². The third-order valence-corrected chi connectivity index (χ3v) is 5.46. The summed E-state index contributed by atoms with van der Waals surface area (Å²) in [6.07, 6.45) is 1.83. The molecule has 1 amide bonds. The van der Waals surface area contributed by atoms with Crippen LogP contribution in [-0.2, 0) is 9.53 Å². The summed E-state index contributed by atoms with van der Waals surface area (Å²) in [7, 11) is 0. The Kier molecular flexibility index (Phi) is 5.43. The van der Waals surface area contributed by atoms with Crippen LogP contribution >= 0.6 is 11.6 Å². The van der Waals surface area contributed by atoms with Gasteiger partial charge in [0.15, 0.2) is 6.61 Å². The van der Waals surface area contributed by atoms with Gasteiger partial charge in [-0.25, -0.2) is 9.48 Å². The first kappa shape index (κ1) is 19.9. The van der Waals surface area contributed by atoms with E-state index in [2.05, 4.69) is 16.5 Å². The maximum atomic E-state index is 12.2. The highest BCUT2D eigenvalue weighted by Crippen LogP contribution is 2.39. The van der Waals surface area contributed by atoms with Crippen molar-refractivity contribution in [3.8, 4) is 11.8 Å². The average Bonchev–Trinajstić information content (AvgIpc) is 3.51. The van der Waals surface area contributed by atoms with Gasteiger partial charge >= 0.3 is 5.97 Å². The fourth-order valence-corrected chi connectivity index (χ4v) is 3.15. The fraction of sp³-hybridized carbons (Fsp3) is 0.400. The average molecular weight is 401 g/mol. The minimum Gasteiger partial charge on any atom is -0.452 e. The van der Waals surface area contributed by atoms with Crippen molar-refractivity contribution in [3.05, 3.63) is 46.2 Å². The van der Waals surface area contributed by atoms with Crippen molar-refractivity contribution in [2.45, 2.75) is 39.2 Å². The molecular formula is C20H21ClN4O3. The molecule has 0 unspecified atom stereocenters. The predicted octanol–water partition coefficient (Wildman–Crippen LogP) is 3.11. The lowest BCUT2D eigenvalue weighted by molar-refractivity contribution is -0.125. The van der Waals surface area contributed by atoms with Gasteiger partial charge in [0, 0.05) is 0 Å². The summed E-state index contributed by atoms with van der Waals surface area (Å²) < 4.78 is 6.76. The smallest absolute Gasteiger partial charge is 0.338 e. The Hall–Kier alpha value is -2.85. The van der Waals surface area contributed by atoms with Gasteiger partial charge in [0.05, 0.1) is 33.7 Å². The van der Waals surface area contributed by atoms with E-state index in [9.17, 15) is 14.9 Å². The molecule has 0 aliphatic heterocycles. The first-order valence-corrected chi connectivity index (χ1v) is 9.34. The number of benzene rings is 1. The molecule has 1 fully saturated rings. The second-order valence-corrected chi connectivity index (χ2v) is 7.53. The van der Waals surface area contributed by atoms with E-state index in [0.29, 0.717) is 10.6 Å². The third kappa shape index (κ3) is 4.02. The number of nitrogens with one attached hydrogen (secondary N) is 1. The van der Waals surface area contributed by atoms with E-state index in [-0.39, 0.29) is 5.92 Å². The Morgan fingerprint density at radius 1 is 1.36 bits per heavy atom. The molecule has 3 rings (SSSR count). The normalized spacial score (nSPS) is 15.4. The van der Waals surface area contributed by atoms with Gasteiger partial charge in [-0.05, 0) is 63.8 Å². The minimum atomic E-state index is -0.911. The lowest BCUT2D eigenvalue weighted by atomic mass is 9.98. The number of hydrogen-bond acceptors (Lipinski definition) is 5. The number of aromatic nitrogens is 2. The topological polar surface area (TPSA) is 97.0 Å². The number of rotatable bonds is 6. The molecule has 2 aromatic rings. The van der Waals surface area contributed by atoms with Crippen molar-refractivity contribution in [2.24, 2.45) is 5.92 Å². The van der Waals surface area contributed by atoms with Crippen LogP contribution in [0.3, 0.4) is 0 Å². The molecule has 1 saturated carbocycles. The second kappa shape index (κ2) is 7.64. The number of nitrogens with zero attached hydrogens (tertiary/aromatic N) is 3. The molecule has 7 nitrogen and oxygen atoms in total. The molecule has 1 aliphatic carbocycles. The third-order valence-electron chi connectivity index (χ3n) is 4.91. The summed E-state index contributed by atoms with van der Waals surface area (Å²) in [5.41, 5.74) is 1.70. The molecule has 1 atom stereocenters. The number of aryl methyl sites for hydroxylation is 1. The maximum Gasteiger partial charge on any atom is 0.338 e.